The van der Waals surface area contributed by atoms with Gasteiger partial charge in [-0.15, -0.1) is 0 Å². The smallest absolute Gasteiger partial charge is 0.277 e. The van der Waals surface area contributed by atoms with E-state index in [1.165, 1.54) is 0 Å². The Kier molecular flexibility index (Phi) is 3.23. The molecule has 1 heterocycles. The van der Waals surface area contributed by atoms with Crippen LogP contribution in [0.1, 0.15) is 11.1 Å². The van der Waals surface area contributed by atoms with Gasteiger partial charge in [-0.25, -0.2) is 4.98 Å². The van der Waals surface area contributed by atoms with E-state index in [9.17, 15) is 10.1 Å². The van der Waals surface area contributed by atoms with Gasteiger partial charge in [0.25, 0.3) is 5.69 Å². The van der Waals surface area contributed by atoms with Crippen molar-refractivity contribution in [1.29, 1.82) is 0 Å². The minimum Gasteiger partial charge on any atom is -0.384 e. The minimum absolute atomic E-state index is 0.128. The number of nitrogens with two attached hydrogens (primary N) is 1. The summed E-state index contributed by atoms with van der Waals surface area (Å²) in [7, 11) is 0. The molecule has 0 aliphatic carbocycles. The summed E-state index contributed by atoms with van der Waals surface area (Å²) in [5, 5.41) is 12.7. The fraction of sp³-hybridized carbons (Fsp3) is 0.0625. The van der Waals surface area contributed by atoms with Crippen LogP contribution in [0.4, 0.5) is 11.5 Å². The second kappa shape index (κ2) is 5.20. The lowest BCUT2D eigenvalue weighted by Crippen LogP contribution is -1.96. The third-order valence-electron chi connectivity index (χ3n) is 3.43. The Balaban J connectivity index is 2.12. The van der Waals surface area contributed by atoms with E-state index in [-0.39, 0.29) is 10.6 Å². The van der Waals surface area contributed by atoms with Gasteiger partial charge < -0.3 is 5.73 Å². The number of nitrogens with zero attached hydrogens (tertiary/aromatic N) is 2. The molecule has 0 aliphatic rings. The first-order valence-electron chi connectivity index (χ1n) is 6.50. The van der Waals surface area contributed by atoms with Crippen LogP contribution >= 0.6 is 0 Å². The average molecular weight is 279 g/mol. The van der Waals surface area contributed by atoms with E-state index >= 15 is 0 Å². The first-order chi connectivity index (χ1) is 10.1. The normalized spacial score (nSPS) is 10.7. The Hall–Kier alpha value is -2.95. The molecule has 0 radical (unpaired) electrons. The van der Waals surface area contributed by atoms with E-state index in [0.717, 1.165) is 16.5 Å². The molecule has 1 aromatic heterocycles. The van der Waals surface area contributed by atoms with Gasteiger partial charge >= 0.3 is 0 Å². The first kappa shape index (κ1) is 13.1. The molecule has 3 rings (SSSR count). The predicted octanol–water partition coefficient (Wildman–Crippen LogP) is 3.32. The molecule has 0 fully saturated rings. The van der Waals surface area contributed by atoms with Crippen LogP contribution in [-0.4, -0.2) is 9.91 Å². The van der Waals surface area contributed by atoms with Gasteiger partial charge in [0.05, 0.1) is 10.3 Å². The van der Waals surface area contributed by atoms with E-state index in [4.69, 9.17) is 5.73 Å². The lowest BCUT2D eigenvalue weighted by Gasteiger charge is -2.08. The van der Waals surface area contributed by atoms with Crippen LogP contribution in [0, 0.1) is 10.1 Å². The zero-order valence-electron chi connectivity index (χ0n) is 11.2. The summed E-state index contributed by atoms with van der Waals surface area (Å²) >= 11 is 0. The quantitative estimate of drug-likeness (QED) is 0.589. The van der Waals surface area contributed by atoms with Crippen molar-refractivity contribution in [2.75, 3.05) is 5.73 Å². The van der Waals surface area contributed by atoms with E-state index < -0.39 is 0 Å². The molecule has 0 unspecified atom stereocenters. The maximum absolute atomic E-state index is 11.1. The molecule has 0 aliphatic heterocycles. The Morgan fingerprint density at radius 1 is 1.10 bits per heavy atom. The fourth-order valence-corrected chi connectivity index (χ4v) is 2.48. The van der Waals surface area contributed by atoms with Crippen molar-refractivity contribution in [3.8, 4) is 0 Å². The van der Waals surface area contributed by atoms with Crippen LogP contribution in [0.15, 0.2) is 54.7 Å². The summed E-state index contributed by atoms with van der Waals surface area (Å²) in [6.45, 7) is 0. The number of hydrogen-bond acceptors (Lipinski definition) is 4. The van der Waals surface area contributed by atoms with Crippen molar-refractivity contribution in [2.45, 2.75) is 6.42 Å². The molecule has 0 saturated carbocycles. The van der Waals surface area contributed by atoms with Crippen LogP contribution in [0.3, 0.4) is 0 Å². The zero-order chi connectivity index (χ0) is 14.8. The number of fused-ring (bicyclic) bond motifs is 1. The molecule has 5 heteroatoms. The highest BCUT2D eigenvalue weighted by atomic mass is 16.6. The standard InChI is InChI=1S/C16H13N3O2/c17-16-10-11(7-8-18-16)9-12-5-6-15(19(20)21)14-4-2-1-3-13(12)14/h1-8,10H,9H2,(H2,17,18). The summed E-state index contributed by atoms with van der Waals surface area (Å²) in [5.74, 6) is 0.471. The molecule has 21 heavy (non-hydrogen) atoms. The van der Waals surface area contributed by atoms with Gasteiger partial charge in [-0.2, -0.15) is 0 Å². The first-order valence-corrected chi connectivity index (χ1v) is 6.50. The highest BCUT2D eigenvalue weighted by Crippen LogP contribution is 2.29. The Morgan fingerprint density at radius 3 is 2.57 bits per heavy atom. The second-order valence-corrected chi connectivity index (χ2v) is 4.81. The van der Waals surface area contributed by atoms with Gasteiger partial charge in [0.1, 0.15) is 5.82 Å². The van der Waals surface area contributed by atoms with E-state index in [2.05, 4.69) is 4.98 Å². The number of anilines is 1. The van der Waals surface area contributed by atoms with Gasteiger partial charge in [-0.1, -0.05) is 24.3 Å². The van der Waals surface area contributed by atoms with E-state index in [1.807, 2.05) is 30.3 Å². The molecule has 104 valence electrons. The third-order valence-corrected chi connectivity index (χ3v) is 3.43. The van der Waals surface area contributed by atoms with Crippen LogP contribution in [-0.2, 0) is 6.42 Å². The van der Waals surface area contributed by atoms with Crippen LogP contribution < -0.4 is 5.73 Å². The lowest BCUT2D eigenvalue weighted by molar-refractivity contribution is -0.383. The Labute approximate surface area is 121 Å². The summed E-state index contributed by atoms with van der Waals surface area (Å²) in [6, 6.07) is 14.4. The van der Waals surface area contributed by atoms with Gasteiger partial charge in [0.15, 0.2) is 0 Å². The topological polar surface area (TPSA) is 82.0 Å². The molecule has 0 saturated heterocycles. The molecular weight excluding hydrogens is 266 g/mol. The number of nitrogen functional groups attached to an aromatic ring is 1. The predicted molar refractivity (Wildman–Crippen MR) is 82.1 cm³/mol. The van der Waals surface area contributed by atoms with Crippen molar-refractivity contribution in [3.63, 3.8) is 0 Å². The number of non-ortho nitro benzene ring substituents is 1. The van der Waals surface area contributed by atoms with Gasteiger partial charge in [-0.05, 0) is 41.1 Å². The fourth-order valence-electron chi connectivity index (χ4n) is 2.48. The van der Waals surface area contributed by atoms with Crippen LogP contribution in [0.25, 0.3) is 10.8 Å². The molecule has 3 aromatic rings. The van der Waals surface area contributed by atoms with Crippen molar-refractivity contribution < 1.29 is 4.92 Å². The zero-order valence-corrected chi connectivity index (χ0v) is 11.2. The van der Waals surface area contributed by atoms with Crippen molar-refractivity contribution in [1.82, 2.24) is 4.98 Å². The highest BCUT2D eigenvalue weighted by Gasteiger charge is 2.13. The summed E-state index contributed by atoms with van der Waals surface area (Å²) < 4.78 is 0. The van der Waals surface area contributed by atoms with Crippen LogP contribution in [0.2, 0.25) is 0 Å². The number of pyridine rings is 1. The molecule has 2 N–H and O–H groups in total. The lowest BCUT2D eigenvalue weighted by atomic mass is 9.98. The maximum atomic E-state index is 11.1. The summed E-state index contributed by atoms with van der Waals surface area (Å²) in [6.07, 6.45) is 2.32. The van der Waals surface area contributed by atoms with Crippen molar-refractivity contribution >= 4 is 22.3 Å². The number of nitro benzene ring substituents is 1. The average Bonchev–Trinajstić information content (AvgIpc) is 2.47. The van der Waals surface area contributed by atoms with Crippen LogP contribution in [0.5, 0.6) is 0 Å². The molecule has 0 spiro atoms. The third kappa shape index (κ3) is 2.53. The molecular formula is C16H13N3O2. The van der Waals surface area contributed by atoms with E-state index in [1.54, 1.807) is 24.4 Å². The summed E-state index contributed by atoms with van der Waals surface area (Å²) in [4.78, 5) is 14.7. The van der Waals surface area contributed by atoms with Crippen molar-refractivity contribution in [2.24, 2.45) is 0 Å². The summed E-state index contributed by atoms with van der Waals surface area (Å²) in [5.41, 5.74) is 7.88. The highest BCUT2D eigenvalue weighted by molar-refractivity contribution is 5.93. The number of aromatic nitrogens is 1. The van der Waals surface area contributed by atoms with Gasteiger partial charge in [0.2, 0.25) is 0 Å². The SMILES string of the molecule is Nc1cc(Cc2ccc([N+](=O)[O-])c3ccccc23)ccn1. The molecule has 0 amide bonds. The minimum atomic E-state index is -0.351. The maximum Gasteiger partial charge on any atom is 0.277 e. The number of hydrogen-bond donors (Lipinski definition) is 1. The molecule has 0 atom stereocenters. The second-order valence-electron chi connectivity index (χ2n) is 4.81. The number of nitro groups is 1. The van der Waals surface area contributed by atoms with Gasteiger partial charge in [0, 0.05) is 12.3 Å². The molecule has 0 bridgehead atoms. The van der Waals surface area contributed by atoms with E-state index in [0.29, 0.717) is 17.6 Å². The monoisotopic (exact) mass is 279 g/mol. The van der Waals surface area contributed by atoms with Gasteiger partial charge in [-0.3, -0.25) is 10.1 Å². The molecule has 5 nitrogen and oxygen atoms in total. The van der Waals surface area contributed by atoms with Crippen molar-refractivity contribution in [3.05, 3.63) is 76.0 Å². The Bertz CT molecular complexity index is 831. The largest absolute Gasteiger partial charge is 0.384 e. The molecule has 2 aromatic carbocycles. The Morgan fingerprint density at radius 2 is 1.86 bits per heavy atom. The number of rotatable bonds is 3. The number of benzene rings is 2.